The first kappa shape index (κ1) is 13.6. The van der Waals surface area contributed by atoms with E-state index in [-0.39, 0.29) is 0 Å². The van der Waals surface area contributed by atoms with E-state index < -0.39 is 44.0 Å². The summed E-state index contributed by atoms with van der Waals surface area (Å²) in [7, 11) is 0. The third-order valence-corrected chi connectivity index (χ3v) is 2.70. The lowest BCUT2D eigenvalue weighted by atomic mass is 10.1. The largest absolute Gasteiger partial charge is 0.480 e. The van der Waals surface area contributed by atoms with Crippen LogP contribution in [0.25, 0.3) is 0 Å². The number of nitro groups is 1. The normalized spacial score (nSPS) is 12.2. The highest BCUT2D eigenvalue weighted by Crippen LogP contribution is 2.39. The number of aliphatic carboxylic acids is 1. The van der Waals surface area contributed by atoms with Crippen molar-refractivity contribution in [3.8, 4) is 0 Å². The summed E-state index contributed by atoms with van der Waals surface area (Å²) in [5.74, 6) is -2.66. The average Bonchev–Trinajstić information content (AvgIpc) is 2.22. The van der Waals surface area contributed by atoms with Crippen LogP contribution in [0.15, 0.2) is 6.07 Å². The number of halogens is 3. The minimum atomic E-state index is -1.67. The van der Waals surface area contributed by atoms with E-state index in [0.717, 1.165) is 0 Å². The van der Waals surface area contributed by atoms with Gasteiger partial charge in [-0.25, -0.2) is 4.39 Å². The molecule has 1 aromatic rings. The first-order valence-electron chi connectivity index (χ1n) is 4.07. The second kappa shape index (κ2) is 4.82. The Labute approximate surface area is 104 Å². The van der Waals surface area contributed by atoms with Gasteiger partial charge in [0.15, 0.2) is 5.02 Å². The van der Waals surface area contributed by atoms with Crippen LogP contribution in [0.1, 0.15) is 11.6 Å². The Morgan fingerprint density at radius 3 is 2.47 bits per heavy atom. The van der Waals surface area contributed by atoms with Gasteiger partial charge >= 0.3 is 11.7 Å². The summed E-state index contributed by atoms with van der Waals surface area (Å²) < 4.78 is 13.3. The Hall–Kier alpha value is -1.44. The molecule has 0 spiro atoms. The zero-order valence-corrected chi connectivity index (χ0v) is 9.50. The van der Waals surface area contributed by atoms with Crippen molar-refractivity contribution in [2.24, 2.45) is 5.73 Å². The van der Waals surface area contributed by atoms with E-state index in [9.17, 15) is 19.3 Å². The topological polar surface area (TPSA) is 106 Å². The first-order chi connectivity index (χ1) is 7.77. The molecule has 1 atom stereocenters. The number of carboxylic acid groups (broad SMARTS) is 1. The zero-order valence-electron chi connectivity index (χ0n) is 7.99. The molecule has 0 unspecified atom stereocenters. The fourth-order valence-corrected chi connectivity index (χ4v) is 1.73. The highest BCUT2D eigenvalue weighted by molar-refractivity contribution is 6.38. The second-order valence-electron chi connectivity index (χ2n) is 3.00. The monoisotopic (exact) mass is 282 g/mol. The SMILES string of the molecule is N[C@H](C(=O)O)c1cc(F)c(Cl)c([N+](=O)[O-])c1Cl. The Balaban J connectivity index is 3.55. The van der Waals surface area contributed by atoms with E-state index in [1.165, 1.54) is 0 Å². The Morgan fingerprint density at radius 1 is 1.53 bits per heavy atom. The van der Waals surface area contributed by atoms with Crippen molar-refractivity contribution < 1.29 is 19.2 Å². The van der Waals surface area contributed by atoms with Gasteiger partial charge in [-0.1, -0.05) is 23.2 Å². The summed E-state index contributed by atoms with van der Waals surface area (Å²) in [6.45, 7) is 0. The van der Waals surface area contributed by atoms with Gasteiger partial charge < -0.3 is 10.8 Å². The molecule has 0 bridgehead atoms. The molecule has 3 N–H and O–H groups in total. The standard InChI is InChI=1S/C8H5Cl2FN2O4/c9-4-2(6(12)8(14)15)1-3(11)5(10)7(4)13(16)17/h1,6H,12H2,(H,14,15)/t6-/m0/s1. The maximum atomic E-state index is 13.3. The van der Waals surface area contributed by atoms with Crippen LogP contribution in [0.5, 0.6) is 0 Å². The third-order valence-electron chi connectivity index (χ3n) is 1.94. The highest BCUT2D eigenvalue weighted by atomic mass is 35.5. The van der Waals surface area contributed by atoms with Crippen LogP contribution in [0, 0.1) is 15.9 Å². The number of nitrogens with zero attached hydrogens (tertiary/aromatic N) is 1. The van der Waals surface area contributed by atoms with Crippen LogP contribution in [0.4, 0.5) is 10.1 Å². The minimum Gasteiger partial charge on any atom is -0.480 e. The fourth-order valence-electron chi connectivity index (χ4n) is 1.13. The van der Waals surface area contributed by atoms with Crippen molar-refractivity contribution in [3.63, 3.8) is 0 Å². The zero-order chi connectivity index (χ0) is 13.3. The van der Waals surface area contributed by atoms with E-state index in [1.807, 2.05) is 0 Å². The lowest BCUT2D eigenvalue weighted by Crippen LogP contribution is -2.21. The number of nitro benzene ring substituents is 1. The number of hydrogen-bond donors (Lipinski definition) is 2. The highest BCUT2D eigenvalue weighted by Gasteiger charge is 2.29. The van der Waals surface area contributed by atoms with Gasteiger partial charge in [0.1, 0.15) is 16.9 Å². The Bertz CT molecular complexity index is 509. The number of benzene rings is 1. The second-order valence-corrected chi connectivity index (χ2v) is 3.75. The molecule has 6 nitrogen and oxygen atoms in total. The molecule has 92 valence electrons. The summed E-state index contributed by atoms with van der Waals surface area (Å²) in [4.78, 5) is 20.2. The summed E-state index contributed by atoms with van der Waals surface area (Å²) in [5.41, 5.74) is 3.90. The maximum absolute atomic E-state index is 13.3. The Kier molecular flexibility index (Phi) is 3.87. The predicted octanol–water partition coefficient (Wildman–Crippen LogP) is 2.13. The van der Waals surface area contributed by atoms with Gasteiger partial charge in [-0.2, -0.15) is 0 Å². The molecule has 1 aromatic carbocycles. The lowest BCUT2D eigenvalue weighted by Gasteiger charge is -2.10. The molecule has 0 aliphatic rings. The number of nitrogens with two attached hydrogens (primary N) is 1. The predicted molar refractivity (Wildman–Crippen MR) is 57.6 cm³/mol. The molecule has 0 amide bonds. The third kappa shape index (κ3) is 2.46. The van der Waals surface area contributed by atoms with E-state index in [4.69, 9.17) is 34.0 Å². The molecular weight excluding hydrogens is 278 g/mol. The number of hydrogen-bond acceptors (Lipinski definition) is 4. The average molecular weight is 283 g/mol. The van der Waals surface area contributed by atoms with Crippen molar-refractivity contribution in [2.45, 2.75) is 6.04 Å². The van der Waals surface area contributed by atoms with Crippen molar-refractivity contribution in [1.82, 2.24) is 0 Å². The van der Waals surface area contributed by atoms with Gasteiger partial charge in [0.2, 0.25) is 0 Å². The molecule has 9 heteroatoms. The number of carbonyl (C=O) groups is 1. The van der Waals surface area contributed by atoms with Gasteiger partial charge in [-0.15, -0.1) is 0 Å². The van der Waals surface area contributed by atoms with Crippen molar-refractivity contribution in [1.29, 1.82) is 0 Å². The summed E-state index contributed by atoms with van der Waals surface area (Å²) in [6, 6.07) is -1.01. The number of carboxylic acids is 1. The van der Waals surface area contributed by atoms with E-state index in [1.54, 1.807) is 0 Å². The van der Waals surface area contributed by atoms with Gasteiger partial charge in [0.05, 0.1) is 4.92 Å². The molecule has 0 heterocycles. The van der Waals surface area contributed by atoms with Crippen LogP contribution >= 0.6 is 23.2 Å². The van der Waals surface area contributed by atoms with E-state index in [0.29, 0.717) is 6.07 Å². The van der Waals surface area contributed by atoms with Crippen LogP contribution in [0.2, 0.25) is 10.0 Å². The minimum absolute atomic E-state index is 0.409. The van der Waals surface area contributed by atoms with Crippen LogP contribution in [0.3, 0.4) is 0 Å². The van der Waals surface area contributed by atoms with E-state index in [2.05, 4.69) is 0 Å². The maximum Gasteiger partial charge on any atom is 0.325 e. The number of rotatable bonds is 3. The lowest BCUT2D eigenvalue weighted by molar-refractivity contribution is -0.384. The molecule has 0 fully saturated rings. The van der Waals surface area contributed by atoms with Gasteiger partial charge in [0.25, 0.3) is 0 Å². The molecular formula is C8H5Cl2FN2O4. The molecule has 0 radical (unpaired) electrons. The van der Waals surface area contributed by atoms with Crippen LogP contribution in [-0.4, -0.2) is 16.0 Å². The summed E-state index contributed by atoms with van der Waals surface area (Å²) in [5, 5.41) is 17.9. The van der Waals surface area contributed by atoms with Crippen molar-refractivity contribution in [2.75, 3.05) is 0 Å². The molecule has 1 rings (SSSR count). The van der Waals surface area contributed by atoms with E-state index >= 15 is 0 Å². The molecule has 0 aliphatic carbocycles. The van der Waals surface area contributed by atoms with Crippen LogP contribution < -0.4 is 5.73 Å². The quantitative estimate of drug-likeness (QED) is 0.502. The molecule has 0 aliphatic heterocycles. The smallest absolute Gasteiger partial charge is 0.325 e. The van der Waals surface area contributed by atoms with Crippen molar-refractivity contribution in [3.05, 3.63) is 37.6 Å². The molecule has 0 saturated heterocycles. The summed E-state index contributed by atoms with van der Waals surface area (Å²) >= 11 is 10.9. The Morgan fingerprint density at radius 2 is 2.06 bits per heavy atom. The van der Waals surface area contributed by atoms with Gasteiger partial charge in [-0.05, 0) is 6.07 Å². The fraction of sp³-hybridized carbons (Fsp3) is 0.125. The molecule has 17 heavy (non-hydrogen) atoms. The van der Waals surface area contributed by atoms with Crippen molar-refractivity contribution >= 4 is 34.9 Å². The molecule has 0 saturated carbocycles. The van der Waals surface area contributed by atoms with Gasteiger partial charge in [0, 0.05) is 5.56 Å². The first-order valence-corrected chi connectivity index (χ1v) is 4.83. The van der Waals surface area contributed by atoms with Gasteiger partial charge in [-0.3, -0.25) is 14.9 Å². The summed E-state index contributed by atoms with van der Waals surface area (Å²) in [6.07, 6.45) is 0. The van der Waals surface area contributed by atoms with Crippen LogP contribution in [-0.2, 0) is 4.79 Å². The molecule has 0 aromatic heterocycles.